The van der Waals surface area contributed by atoms with Gasteiger partial charge in [0.1, 0.15) is 0 Å². The second-order valence-corrected chi connectivity index (χ2v) is 16.2. The Morgan fingerprint density at radius 1 is 0.929 bits per heavy atom. The smallest absolute Gasteiger partial charge is 0.241 e. The molecule has 84 valence electrons. The van der Waals surface area contributed by atoms with Crippen LogP contribution in [0.4, 0.5) is 0 Å². The van der Waals surface area contributed by atoms with Crippen LogP contribution in [0.1, 0.15) is 20.8 Å². The second kappa shape index (κ2) is 4.23. The van der Waals surface area contributed by atoms with Crippen molar-refractivity contribution in [2.75, 3.05) is 0 Å². The fourth-order valence-electron chi connectivity index (χ4n) is 0.658. The zero-order chi connectivity index (χ0) is 11.6. The molecule has 0 aliphatic rings. The quantitative estimate of drug-likeness (QED) is 0.516. The van der Waals surface area contributed by atoms with Gasteiger partial charge in [-0.15, -0.1) is 0 Å². The Hall–Kier alpha value is -0.0262. The standard InChI is InChI=1S/C11H26OSi2/c1-11(2,3)14(7,8)10-9-12-13(4,5)6/h9-10H,1-8H3/b10-9+. The fourth-order valence-corrected chi connectivity index (χ4v) is 2.18. The molecule has 0 fully saturated rings. The van der Waals surface area contributed by atoms with Crippen molar-refractivity contribution in [2.24, 2.45) is 0 Å². The SMILES string of the molecule is CC(C)(C)[Si](C)(C)/C=C/O[Si](C)(C)C. The topological polar surface area (TPSA) is 9.23 Å². The van der Waals surface area contributed by atoms with E-state index in [9.17, 15) is 0 Å². The molecule has 0 rings (SSSR count). The molecular formula is C11H26OSi2. The van der Waals surface area contributed by atoms with E-state index in [2.05, 4.69) is 59.2 Å². The largest absolute Gasteiger partial charge is 0.550 e. The van der Waals surface area contributed by atoms with Crippen LogP contribution < -0.4 is 0 Å². The Morgan fingerprint density at radius 3 is 1.64 bits per heavy atom. The molecule has 0 spiro atoms. The lowest BCUT2D eigenvalue weighted by Gasteiger charge is -2.34. The van der Waals surface area contributed by atoms with Gasteiger partial charge in [0.05, 0.1) is 14.3 Å². The molecule has 0 aromatic carbocycles. The van der Waals surface area contributed by atoms with Crippen LogP contribution in [0.25, 0.3) is 0 Å². The maximum Gasteiger partial charge on any atom is 0.241 e. The van der Waals surface area contributed by atoms with E-state index in [0.29, 0.717) is 5.04 Å². The molecule has 0 bridgehead atoms. The first-order chi connectivity index (χ1) is 5.96. The molecule has 0 radical (unpaired) electrons. The van der Waals surface area contributed by atoms with Gasteiger partial charge in [0.25, 0.3) is 0 Å². The molecule has 0 heterocycles. The van der Waals surface area contributed by atoms with Crippen LogP contribution in [-0.4, -0.2) is 16.4 Å². The van der Waals surface area contributed by atoms with E-state index in [0.717, 1.165) is 0 Å². The normalized spacial score (nSPS) is 14.9. The summed E-state index contributed by atoms with van der Waals surface area (Å²) in [4.78, 5) is 0. The Morgan fingerprint density at radius 2 is 1.36 bits per heavy atom. The molecule has 0 atom stereocenters. The summed E-state index contributed by atoms with van der Waals surface area (Å²) >= 11 is 0. The maximum atomic E-state index is 5.75. The van der Waals surface area contributed by atoms with Crippen LogP contribution in [0.3, 0.4) is 0 Å². The van der Waals surface area contributed by atoms with E-state index in [1.807, 2.05) is 6.26 Å². The van der Waals surface area contributed by atoms with E-state index in [1.165, 1.54) is 0 Å². The Kier molecular flexibility index (Phi) is 4.22. The predicted molar refractivity (Wildman–Crippen MR) is 70.8 cm³/mol. The molecule has 0 aliphatic heterocycles. The molecule has 3 heteroatoms. The lowest BCUT2D eigenvalue weighted by atomic mass is 10.2. The Bertz CT molecular complexity index is 206. The Labute approximate surface area is 91.7 Å². The molecule has 0 N–H and O–H groups in total. The van der Waals surface area contributed by atoms with Gasteiger partial charge in [-0.05, 0) is 24.7 Å². The van der Waals surface area contributed by atoms with Gasteiger partial charge < -0.3 is 4.43 Å². The summed E-state index contributed by atoms with van der Waals surface area (Å²) in [6.07, 6.45) is 1.96. The minimum absolute atomic E-state index is 0.409. The monoisotopic (exact) mass is 230 g/mol. The maximum absolute atomic E-state index is 5.75. The van der Waals surface area contributed by atoms with Crippen molar-refractivity contribution in [1.82, 2.24) is 0 Å². The van der Waals surface area contributed by atoms with E-state index in [4.69, 9.17) is 4.43 Å². The van der Waals surface area contributed by atoms with E-state index in [-0.39, 0.29) is 0 Å². The van der Waals surface area contributed by atoms with E-state index >= 15 is 0 Å². The lowest BCUT2D eigenvalue weighted by molar-refractivity contribution is 0.480. The molecule has 0 aliphatic carbocycles. The molecule has 0 amide bonds. The van der Waals surface area contributed by atoms with Crippen LogP contribution in [0.15, 0.2) is 12.0 Å². The first kappa shape index (κ1) is 14.0. The van der Waals surface area contributed by atoms with Crippen LogP contribution in [0.2, 0.25) is 37.8 Å². The van der Waals surface area contributed by atoms with Crippen LogP contribution in [0, 0.1) is 0 Å². The van der Waals surface area contributed by atoms with Crippen molar-refractivity contribution in [3.8, 4) is 0 Å². The van der Waals surface area contributed by atoms with Crippen LogP contribution in [0.5, 0.6) is 0 Å². The van der Waals surface area contributed by atoms with Gasteiger partial charge in [0.2, 0.25) is 8.32 Å². The van der Waals surface area contributed by atoms with Gasteiger partial charge in [-0.2, -0.15) is 0 Å². The lowest BCUT2D eigenvalue weighted by Crippen LogP contribution is -2.35. The van der Waals surface area contributed by atoms with Gasteiger partial charge in [0, 0.05) is 0 Å². The van der Waals surface area contributed by atoms with E-state index < -0.39 is 16.4 Å². The molecule has 0 aromatic rings. The minimum atomic E-state index is -1.38. The van der Waals surface area contributed by atoms with Crippen molar-refractivity contribution in [3.05, 3.63) is 12.0 Å². The molecule has 0 aromatic heterocycles. The highest BCUT2D eigenvalue weighted by Crippen LogP contribution is 2.36. The van der Waals surface area contributed by atoms with Gasteiger partial charge in [-0.3, -0.25) is 0 Å². The highest BCUT2D eigenvalue weighted by Gasteiger charge is 2.32. The summed E-state index contributed by atoms with van der Waals surface area (Å²) < 4.78 is 5.75. The molecule has 0 unspecified atom stereocenters. The van der Waals surface area contributed by atoms with Gasteiger partial charge in [-0.1, -0.05) is 39.6 Å². The summed E-state index contributed by atoms with van der Waals surface area (Å²) in [6.45, 7) is 18.4. The molecule has 0 saturated carbocycles. The van der Waals surface area contributed by atoms with Crippen molar-refractivity contribution in [2.45, 2.75) is 58.5 Å². The number of rotatable bonds is 3. The highest BCUT2D eigenvalue weighted by atomic mass is 28.4. The zero-order valence-corrected chi connectivity index (χ0v) is 13.1. The van der Waals surface area contributed by atoms with E-state index in [1.54, 1.807) is 0 Å². The number of hydrogen-bond acceptors (Lipinski definition) is 1. The van der Waals surface area contributed by atoms with Crippen molar-refractivity contribution in [3.63, 3.8) is 0 Å². The number of hydrogen-bond donors (Lipinski definition) is 0. The van der Waals surface area contributed by atoms with Crippen LogP contribution in [-0.2, 0) is 4.43 Å². The first-order valence-corrected chi connectivity index (χ1v) is 11.8. The first-order valence-electron chi connectivity index (χ1n) is 5.31. The average Bonchev–Trinajstić information content (AvgIpc) is 1.80. The molecule has 0 saturated heterocycles. The fraction of sp³-hybridized carbons (Fsp3) is 0.818. The minimum Gasteiger partial charge on any atom is -0.550 e. The zero-order valence-electron chi connectivity index (χ0n) is 11.1. The van der Waals surface area contributed by atoms with Gasteiger partial charge in [0.15, 0.2) is 0 Å². The molecule has 1 nitrogen and oxygen atoms in total. The van der Waals surface area contributed by atoms with Crippen molar-refractivity contribution >= 4 is 16.4 Å². The Balaban J connectivity index is 4.38. The predicted octanol–water partition coefficient (Wildman–Crippen LogP) is 4.40. The van der Waals surface area contributed by atoms with Crippen LogP contribution >= 0.6 is 0 Å². The van der Waals surface area contributed by atoms with Gasteiger partial charge in [-0.25, -0.2) is 0 Å². The van der Waals surface area contributed by atoms with Gasteiger partial charge >= 0.3 is 0 Å². The second-order valence-electron chi connectivity index (χ2n) is 6.50. The summed E-state index contributed by atoms with van der Waals surface area (Å²) in [6, 6.07) is 0. The third-order valence-corrected chi connectivity index (χ3v) is 8.52. The summed E-state index contributed by atoms with van der Waals surface area (Å²) in [7, 11) is -2.67. The third-order valence-electron chi connectivity index (χ3n) is 2.84. The molecule has 14 heavy (non-hydrogen) atoms. The van der Waals surface area contributed by atoms with Crippen molar-refractivity contribution in [1.29, 1.82) is 0 Å². The molecular weight excluding hydrogens is 204 g/mol. The summed E-state index contributed by atoms with van der Waals surface area (Å²) in [5.74, 6) is 0. The van der Waals surface area contributed by atoms with Crippen molar-refractivity contribution < 1.29 is 4.43 Å². The highest BCUT2D eigenvalue weighted by molar-refractivity contribution is 6.84. The summed E-state index contributed by atoms with van der Waals surface area (Å²) in [5.41, 5.74) is 2.32. The summed E-state index contributed by atoms with van der Waals surface area (Å²) in [5, 5.41) is 0.409. The third kappa shape index (κ3) is 5.00. The average molecular weight is 230 g/mol.